The van der Waals surface area contributed by atoms with E-state index in [2.05, 4.69) is 20.8 Å². The first kappa shape index (κ1) is 12.9. The largest absolute Gasteiger partial charge is 0.347 e. The summed E-state index contributed by atoms with van der Waals surface area (Å²) in [6, 6.07) is 1.69. The molecule has 0 saturated carbocycles. The first-order chi connectivity index (χ1) is 9.90. The summed E-state index contributed by atoms with van der Waals surface area (Å²) < 4.78 is 0. The van der Waals surface area contributed by atoms with E-state index in [9.17, 15) is 19.7 Å². The van der Waals surface area contributed by atoms with E-state index < -0.39 is 16.0 Å². The predicted molar refractivity (Wildman–Crippen MR) is 76.8 cm³/mol. The van der Waals surface area contributed by atoms with E-state index in [1.165, 1.54) is 0 Å². The lowest BCUT2D eigenvalue weighted by molar-refractivity contribution is -0.384. The molecule has 108 valence electrons. The second-order valence-corrected chi connectivity index (χ2v) is 4.75. The molecule has 3 rings (SSSR count). The molecule has 0 unspecified atom stereocenters. The fraction of sp³-hybridized carbons (Fsp3) is 0.167. The summed E-state index contributed by atoms with van der Waals surface area (Å²) in [5.74, 6) is 0. The molecule has 2 aromatic rings. The van der Waals surface area contributed by atoms with E-state index in [0.29, 0.717) is 16.8 Å². The van der Waals surface area contributed by atoms with Crippen molar-refractivity contribution in [3.8, 4) is 0 Å². The molecule has 1 aliphatic rings. The van der Waals surface area contributed by atoms with Crippen LogP contribution in [-0.4, -0.2) is 15.1 Å². The zero-order valence-electron chi connectivity index (χ0n) is 11.2. The van der Waals surface area contributed by atoms with E-state index in [4.69, 9.17) is 0 Å². The minimum Gasteiger partial charge on any atom is -0.347 e. The highest BCUT2D eigenvalue weighted by Crippen LogP contribution is 2.43. The maximum atomic E-state index is 11.8. The lowest BCUT2D eigenvalue weighted by Crippen LogP contribution is -2.27. The predicted octanol–water partition coefficient (Wildman–Crippen LogP) is 1.39. The van der Waals surface area contributed by atoms with Gasteiger partial charge in [-0.2, -0.15) is 0 Å². The Kier molecular flexibility index (Phi) is 2.58. The highest BCUT2D eigenvalue weighted by molar-refractivity contribution is 5.95. The Morgan fingerprint density at radius 1 is 1.00 bits per heavy atom. The van der Waals surface area contributed by atoms with Crippen molar-refractivity contribution in [2.75, 3.05) is 10.6 Å². The van der Waals surface area contributed by atoms with Crippen LogP contribution in [0.3, 0.4) is 0 Å². The molecule has 0 atom stereocenters. The Bertz CT molecular complexity index is 896. The van der Waals surface area contributed by atoms with Crippen LogP contribution in [0.15, 0.2) is 15.7 Å². The molecule has 0 aliphatic carbocycles. The summed E-state index contributed by atoms with van der Waals surface area (Å²) in [5, 5.41) is 21.1. The molecule has 9 heteroatoms. The maximum absolute atomic E-state index is 11.8. The Labute approximate surface area is 117 Å². The van der Waals surface area contributed by atoms with Crippen molar-refractivity contribution < 1.29 is 4.92 Å². The number of rotatable bonds is 1. The molecule has 9 nitrogen and oxygen atoms in total. The van der Waals surface area contributed by atoms with E-state index in [1.807, 2.05) is 0 Å². The lowest BCUT2D eigenvalue weighted by atomic mass is 10.0. The molecule has 0 saturated heterocycles. The van der Waals surface area contributed by atoms with E-state index >= 15 is 0 Å². The van der Waals surface area contributed by atoms with Gasteiger partial charge in [-0.25, -0.2) is 0 Å². The van der Waals surface area contributed by atoms with Gasteiger partial charge in [0.05, 0.1) is 10.6 Å². The third kappa shape index (κ3) is 1.78. The van der Waals surface area contributed by atoms with Gasteiger partial charge >= 0.3 is 0 Å². The lowest BCUT2D eigenvalue weighted by Gasteiger charge is -2.22. The molecule has 1 aromatic carbocycles. The summed E-state index contributed by atoms with van der Waals surface area (Å²) in [4.78, 5) is 34.3. The van der Waals surface area contributed by atoms with Crippen LogP contribution in [0.2, 0.25) is 0 Å². The third-order valence-corrected chi connectivity index (χ3v) is 3.50. The van der Waals surface area contributed by atoms with Gasteiger partial charge < -0.3 is 10.6 Å². The fourth-order valence-electron chi connectivity index (χ4n) is 2.32. The average molecular weight is 289 g/mol. The zero-order chi connectivity index (χ0) is 15.3. The number of aromatic amines is 2. The molecule has 0 bridgehead atoms. The van der Waals surface area contributed by atoms with Crippen molar-refractivity contribution in [1.29, 1.82) is 0 Å². The molecule has 2 heterocycles. The van der Waals surface area contributed by atoms with Gasteiger partial charge in [0.25, 0.3) is 16.8 Å². The normalized spacial score (nSPS) is 11.9. The van der Waals surface area contributed by atoms with E-state index in [-0.39, 0.29) is 22.7 Å². The minimum atomic E-state index is -0.574. The number of hydrogen-bond donors (Lipinski definition) is 4. The number of hydrogen-bond acceptors (Lipinski definition) is 6. The smallest absolute Gasteiger partial charge is 0.297 e. The third-order valence-electron chi connectivity index (χ3n) is 3.50. The molecule has 21 heavy (non-hydrogen) atoms. The van der Waals surface area contributed by atoms with Crippen molar-refractivity contribution in [1.82, 2.24) is 10.2 Å². The summed E-state index contributed by atoms with van der Waals surface area (Å²) in [7, 11) is 0. The van der Waals surface area contributed by atoms with Gasteiger partial charge in [-0.15, -0.1) is 0 Å². The standard InChI is InChI=1S/C12H11N5O4/c1-4-3-6-7(10(5(4)2)17(20)21)14-9-8(13-6)11(18)15-16-12(9)19/h3,13-14H,1-2H3,(H,15,18)(H,16,19). The van der Waals surface area contributed by atoms with Crippen LogP contribution in [0.25, 0.3) is 0 Å². The number of aromatic nitrogens is 2. The SMILES string of the molecule is Cc1cc2c(c([N+](=O)[O-])c1C)Nc1c(c(=O)[nH][nH]c1=O)N2. The van der Waals surface area contributed by atoms with Gasteiger partial charge in [0.1, 0.15) is 17.1 Å². The van der Waals surface area contributed by atoms with Gasteiger partial charge in [0, 0.05) is 5.56 Å². The van der Waals surface area contributed by atoms with Crippen LogP contribution in [0.4, 0.5) is 28.4 Å². The molecular formula is C12H11N5O4. The molecule has 0 fully saturated rings. The molecule has 1 aromatic heterocycles. The summed E-state index contributed by atoms with van der Waals surface area (Å²) in [6.45, 7) is 3.37. The summed E-state index contributed by atoms with van der Waals surface area (Å²) in [6.07, 6.45) is 0. The van der Waals surface area contributed by atoms with Crippen LogP contribution in [0, 0.1) is 24.0 Å². The van der Waals surface area contributed by atoms with Gasteiger partial charge in [-0.3, -0.25) is 29.9 Å². The first-order valence-electron chi connectivity index (χ1n) is 6.07. The number of benzene rings is 1. The highest BCUT2D eigenvalue weighted by atomic mass is 16.6. The van der Waals surface area contributed by atoms with E-state index in [1.54, 1.807) is 19.9 Å². The quantitative estimate of drug-likeness (QED) is 0.395. The van der Waals surface area contributed by atoms with Crippen molar-refractivity contribution >= 4 is 28.4 Å². The van der Waals surface area contributed by atoms with Gasteiger partial charge in [-0.05, 0) is 25.5 Å². The Hall–Kier alpha value is -3.10. The fourth-order valence-corrected chi connectivity index (χ4v) is 2.32. The topological polar surface area (TPSA) is 133 Å². The molecule has 0 spiro atoms. The number of nitro groups is 1. The zero-order valence-corrected chi connectivity index (χ0v) is 11.2. The maximum Gasteiger partial charge on any atom is 0.297 e. The number of anilines is 4. The molecule has 4 N–H and O–H groups in total. The van der Waals surface area contributed by atoms with Crippen LogP contribution >= 0.6 is 0 Å². The number of nitro benzene ring substituents is 1. The van der Waals surface area contributed by atoms with Gasteiger partial charge in [0.15, 0.2) is 0 Å². The second-order valence-electron chi connectivity index (χ2n) is 4.75. The summed E-state index contributed by atoms with van der Waals surface area (Å²) >= 11 is 0. The van der Waals surface area contributed by atoms with Crippen LogP contribution in [0.1, 0.15) is 11.1 Å². The monoisotopic (exact) mass is 289 g/mol. The number of aryl methyl sites for hydroxylation is 1. The van der Waals surface area contributed by atoms with Crippen LogP contribution in [-0.2, 0) is 0 Å². The second kappa shape index (κ2) is 4.20. The Balaban J connectivity index is 2.32. The van der Waals surface area contributed by atoms with Crippen molar-refractivity contribution in [3.05, 3.63) is 48.0 Å². The Morgan fingerprint density at radius 2 is 1.57 bits per heavy atom. The molecule has 0 radical (unpaired) electrons. The van der Waals surface area contributed by atoms with Crippen LogP contribution in [0.5, 0.6) is 0 Å². The van der Waals surface area contributed by atoms with Crippen molar-refractivity contribution in [3.63, 3.8) is 0 Å². The van der Waals surface area contributed by atoms with E-state index in [0.717, 1.165) is 0 Å². The first-order valence-corrected chi connectivity index (χ1v) is 6.07. The number of H-pyrrole nitrogens is 2. The van der Waals surface area contributed by atoms with Crippen molar-refractivity contribution in [2.24, 2.45) is 0 Å². The highest BCUT2D eigenvalue weighted by Gasteiger charge is 2.29. The summed E-state index contributed by atoms with van der Waals surface area (Å²) in [5.41, 5.74) is 0.528. The molecular weight excluding hydrogens is 278 g/mol. The Morgan fingerprint density at radius 3 is 2.14 bits per heavy atom. The molecule has 0 amide bonds. The number of fused-ring (bicyclic) bond motifs is 2. The average Bonchev–Trinajstić information content (AvgIpc) is 2.43. The van der Waals surface area contributed by atoms with Crippen LogP contribution < -0.4 is 21.8 Å². The van der Waals surface area contributed by atoms with Gasteiger partial charge in [-0.1, -0.05) is 0 Å². The minimum absolute atomic E-state index is 0.0313. The number of nitrogens with zero attached hydrogens (tertiary/aromatic N) is 1. The van der Waals surface area contributed by atoms with Crippen molar-refractivity contribution in [2.45, 2.75) is 13.8 Å². The molecule has 1 aliphatic heterocycles. The van der Waals surface area contributed by atoms with Gasteiger partial charge in [0.2, 0.25) is 0 Å². The number of nitrogens with one attached hydrogen (secondary N) is 4.